The Hall–Kier alpha value is -1.41. The normalized spacial score (nSPS) is 13.9. The Kier molecular flexibility index (Phi) is 7.99. The molecule has 0 spiro atoms. The number of hydrogen-bond acceptors (Lipinski definition) is 4. The Morgan fingerprint density at radius 2 is 1.95 bits per heavy atom. The summed E-state index contributed by atoms with van der Waals surface area (Å²) in [5, 5.41) is 13.2. The second-order valence-corrected chi connectivity index (χ2v) is 4.98. The Morgan fingerprint density at radius 3 is 2.48 bits per heavy atom. The van der Waals surface area contributed by atoms with Crippen molar-refractivity contribution in [3.05, 3.63) is 35.9 Å². The van der Waals surface area contributed by atoms with Crippen molar-refractivity contribution in [2.24, 2.45) is 0 Å². The quantitative estimate of drug-likeness (QED) is 0.672. The Labute approximate surface area is 128 Å². The third kappa shape index (κ3) is 5.13. The molecule has 0 aliphatic heterocycles. The van der Waals surface area contributed by atoms with E-state index >= 15 is 0 Å². The summed E-state index contributed by atoms with van der Waals surface area (Å²) in [7, 11) is 0. The first-order chi connectivity index (χ1) is 10.2. The molecule has 21 heavy (non-hydrogen) atoms. The number of rotatable bonds is 10. The maximum atomic E-state index is 9.81. The zero-order valence-electron chi connectivity index (χ0n) is 13.4. The van der Waals surface area contributed by atoms with Crippen molar-refractivity contribution in [2.45, 2.75) is 26.3 Å². The molecular weight excluding hydrogens is 262 g/mol. The zero-order valence-corrected chi connectivity index (χ0v) is 13.4. The lowest BCUT2D eigenvalue weighted by atomic mass is 9.90. The van der Waals surface area contributed by atoms with Gasteiger partial charge in [0.1, 0.15) is 5.54 Å². The van der Waals surface area contributed by atoms with Crippen LogP contribution in [0.3, 0.4) is 0 Å². The van der Waals surface area contributed by atoms with Gasteiger partial charge >= 0.3 is 0 Å². The molecule has 1 N–H and O–H groups in total. The van der Waals surface area contributed by atoms with E-state index in [1.807, 2.05) is 44.2 Å². The molecular formula is C17H27N3O. The molecule has 116 valence electrons. The van der Waals surface area contributed by atoms with Gasteiger partial charge in [-0.15, -0.1) is 0 Å². The van der Waals surface area contributed by atoms with E-state index in [0.29, 0.717) is 13.2 Å². The van der Waals surface area contributed by atoms with Crippen LogP contribution in [0.5, 0.6) is 0 Å². The van der Waals surface area contributed by atoms with Crippen LogP contribution in [-0.4, -0.2) is 44.3 Å². The molecule has 0 amide bonds. The molecule has 1 aromatic rings. The van der Waals surface area contributed by atoms with Gasteiger partial charge in [-0.05, 0) is 25.6 Å². The van der Waals surface area contributed by atoms with Gasteiger partial charge in [-0.1, -0.05) is 44.2 Å². The highest BCUT2D eigenvalue weighted by Crippen LogP contribution is 2.22. The third-order valence-electron chi connectivity index (χ3n) is 3.60. The average molecular weight is 289 g/mol. The summed E-state index contributed by atoms with van der Waals surface area (Å²) in [4.78, 5) is 2.26. The van der Waals surface area contributed by atoms with E-state index in [0.717, 1.165) is 31.8 Å². The first kappa shape index (κ1) is 17.6. The van der Waals surface area contributed by atoms with E-state index in [1.54, 1.807) is 0 Å². The fourth-order valence-electron chi connectivity index (χ4n) is 2.44. The Morgan fingerprint density at radius 1 is 1.24 bits per heavy atom. The zero-order chi connectivity index (χ0) is 15.6. The van der Waals surface area contributed by atoms with Crippen LogP contribution in [-0.2, 0) is 10.3 Å². The molecule has 4 nitrogen and oxygen atoms in total. The maximum Gasteiger partial charge on any atom is 0.145 e. The molecule has 4 heteroatoms. The van der Waals surface area contributed by atoms with E-state index in [-0.39, 0.29) is 0 Å². The highest BCUT2D eigenvalue weighted by atomic mass is 16.5. The molecule has 0 bridgehead atoms. The topological polar surface area (TPSA) is 48.3 Å². The fourth-order valence-corrected chi connectivity index (χ4v) is 2.44. The molecule has 1 unspecified atom stereocenters. The predicted octanol–water partition coefficient (Wildman–Crippen LogP) is 2.37. The van der Waals surface area contributed by atoms with Crippen molar-refractivity contribution < 1.29 is 4.74 Å². The van der Waals surface area contributed by atoms with E-state index in [1.165, 1.54) is 0 Å². The van der Waals surface area contributed by atoms with Gasteiger partial charge in [-0.25, -0.2) is 0 Å². The highest BCUT2D eigenvalue weighted by molar-refractivity contribution is 5.32. The first-order valence-corrected chi connectivity index (χ1v) is 7.74. The summed E-state index contributed by atoms with van der Waals surface area (Å²) in [6, 6.07) is 12.5. The molecule has 1 rings (SSSR count). The number of likely N-dealkylation sites (N-methyl/N-ethyl adjacent to an activating group) is 2. The second-order valence-electron chi connectivity index (χ2n) is 4.98. The summed E-state index contributed by atoms with van der Waals surface area (Å²) < 4.78 is 5.43. The fraction of sp³-hybridized carbons (Fsp3) is 0.588. The number of nitrogens with one attached hydrogen (secondary N) is 1. The molecule has 0 aliphatic carbocycles. The predicted molar refractivity (Wildman–Crippen MR) is 86.0 cm³/mol. The van der Waals surface area contributed by atoms with Gasteiger partial charge in [0.2, 0.25) is 0 Å². The molecule has 1 aromatic carbocycles. The number of nitrogens with zero attached hydrogens (tertiary/aromatic N) is 2. The molecule has 0 radical (unpaired) electrons. The van der Waals surface area contributed by atoms with Crippen molar-refractivity contribution in [2.75, 3.05) is 39.4 Å². The molecule has 0 saturated heterocycles. The lowest BCUT2D eigenvalue weighted by Crippen LogP contribution is -2.50. The summed E-state index contributed by atoms with van der Waals surface area (Å²) >= 11 is 0. The molecule has 0 aliphatic rings. The summed E-state index contributed by atoms with van der Waals surface area (Å²) in [6.07, 6.45) is 0. The van der Waals surface area contributed by atoms with Crippen molar-refractivity contribution in [3.8, 4) is 6.07 Å². The molecule has 0 heterocycles. The van der Waals surface area contributed by atoms with Crippen LogP contribution in [0.25, 0.3) is 0 Å². The summed E-state index contributed by atoms with van der Waals surface area (Å²) in [6.45, 7) is 10.7. The van der Waals surface area contributed by atoms with Gasteiger partial charge in [-0.3, -0.25) is 10.2 Å². The Balaban J connectivity index is 2.89. The van der Waals surface area contributed by atoms with Gasteiger partial charge in [0.15, 0.2) is 0 Å². The minimum Gasteiger partial charge on any atom is -0.380 e. The van der Waals surface area contributed by atoms with E-state index in [4.69, 9.17) is 4.74 Å². The van der Waals surface area contributed by atoms with E-state index in [9.17, 15) is 5.26 Å². The standard InChI is InChI=1S/C17H27N3O/c1-4-19-17(14-18,16-10-8-7-9-11-16)15-20(5-2)12-13-21-6-3/h7-11,19H,4-6,12-13,15H2,1-3H3. The van der Waals surface area contributed by atoms with Gasteiger partial charge in [-0.2, -0.15) is 5.26 Å². The smallest absolute Gasteiger partial charge is 0.145 e. The van der Waals surface area contributed by atoms with Crippen LogP contribution in [0.2, 0.25) is 0 Å². The van der Waals surface area contributed by atoms with Crippen molar-refractivity contribution in [3.63, 3.8) is 0 Å². The Bertz CT molecular complexity index is 429. The second kappa shape index (κ2) is 9.51. The van der Waals surface area contributed by atoms with Crippen LogP contribution >= 0.6 is 0 Å². The van der Waals surface area contributed by atoms with Gasteiger partial charge in [0.25, 0.3) is 0 Å². The van der Waals surface area contributed by atoms with Gasteiger partial charge in [0, 0.05) is 19.7 Å². The number of ether oxygens (including phenoxy) is 1. The van der Waals surface area contributed by atoms with Crippen LogP contribution in [0, 0.1) is 11.3 Å². The summed E-state index contributed by atoms with van der Waals surface area (Å²) in [5.74, 6) is 0. The maximum absolute atomic E-state index is 9.81. The van der Waals surface area contributed by atoms with Gasteiger partial charge < -0.3 is 4.74 Å². The molecule has 1 atom stereocenters. The molecule has 0 aromatic heterocycles. The van der Waals surface area contributed by atoms with Crippen LogP contribution in [0.15, 0.2) is 30.3 Å². The van der Waals surface area contributed by atoms with Crippen molar-refractivity contribution >= 4 is 0 Å². The van der Waals surface area contributed by atoms with E-state index in [2.05, 4.69) is 23.2 Å². The molecule has 0 fully saturated rings. The first-order valence-electron chi connectivity index (χ1n) is 7.74. The average Bonchev–Trinajstić information content (AvgIpc) is 2.54. The van der Waals surface area contributed by atoms with Crippen molar-refractivity contribution in [1.82, 2.24) is 10.2 Å². The number of benzene rings is 1. The largest absolute Gasteiger partial charge is 0.380 e. The minimum absolute atomic E-state index is 0.658. The monoisotopic (exact) mass is 289 g/mol. The number of hydrogen-bond donors (Lipinski definition) is 1. The summed E-state index contributed by atoms with van der Waals surface area (Å²) in [5.41, 5.74) is 0.349. The van der Waals surface area contributed by atoms with Gasteiger partial charge in [0.05, 0.1) is 12.7 Å². The van der Waals surface area contributed by atoms with Crippen LogP contribution in [0.1, 0.15) is 26.3 Å². The third-order valence-corrected chi connectivity index (χ3v) is 3.60. The number of nitriles is 1. The molecule has 0 saturated carbocycles. The van der Waals surface area contributed by atoms with E-state index < -0.39 is 5.54 Å². The van der Waals surface area contributed by atoms with Crippen molar-refractivity contribution in [1.29, 1.82) is 5.26 Å². The highest BCUT2D eigenvalue weighted by Gasteiger charge is 2.33. The van der Waals surface area contributed by atoms with Crippen LogP contribution < -0.4 is 5.32 Å². The van der Waals surface area contributed by atoms with Crippen LogP contribution in [0.4, 0.5) is 0 Å². The lowest BCUT2D eigenvalue weighted by Gasteiger charge is -2.33. The minimum atomic E-state index is -0.668. The lowest BCUT2D eigenvalue weighted by molar-refractivity contribution is 0.106. The SMILES string of the molecule is CCNC(C#N)(CN(CC)CCOCC)c1ccccc1.